The van der Waals surface area contributed by atoms with Gasteiger partial charge >= 0.3 is 6.18 Å². The Labute approximate surface area is 220 Å². The minimum Gasteiger partial charge on any atom is -0.491 e. The number of sulfonamides is 1. The van der Waals surface area contributed by atoms with E-state index in [2.05, 4.69) is 10.6 Å². The smallest absolute Gasteiger partial charge is 0.416 e. The van der Waals surface area contributed by atoms with Crippen LogP contribution in [0.25, 0.3) is 0 Å². The molecule has 0 saturated carbocycles. The summed E-state index contributed by atoms with van der Waals surface area (Å²) in [4.78, 5) is 25.4. The zero-order chi connectivity index (χ0) is 28.1. The summed E-state index contributed by atoms with van der Waals surface area (Å²) < 4.78 is 72.8. The van der Waals surface area contributed by atoms with Gasteiger partial charge in [0.25, 0.3) is 0 Å². The first-order valence-electron chi connectivity index (χ1n) is 12.3. The number of hydrogen-bond acceptors (Lipinski definition) is 5. The molecular formula is C26H32F3N3O5S. The van der Waals surface area contributed by atoms with Gasteiger partial charge in [-0.25, -0.2) is 8.42 Å². The Morgan fingerprint density at radius 3 is 2.39 bits per heavy atom. The number of benzene rings is 2. The minimum atomic E-state index is -4.72. The maximum atomic E-state index is 13.3. The fourth-order valence-electron chi connectivity index (χ4n) is 4.29. The van der Waals surface area contributed by atoms with Crippen molar-refractivity contribution in [2.45, 2.75) is 68.8 Å². The van der Waals surface area contributed by atoms with Gasteiger partial charge in [-0.1, -0.05) is 24.6 Å². The second-order valence-electron chi connectivity index (χ2n) is 9.34. The van der Waals surface area contributed by atoms with E-state index >= 15 is 0 Å². The van der Waals surface area contributed by atoms with E-state index in [1.165, 1.54) is 7.05 Å². The number of halogens is 3. The SMILES string of the molecule is CNC(=O)[C@H](Cc1ccc(OC(C)C)cc1)NC(=O)[C@@H]1CCCCN1S(=O)(=O)c1cccc(C(F)(F)F)c1. The van der Waals surface area contributed by atoms with Crippen LogP contribution in [0.2, 0.25) is 0 Å². The van der Waals surface area contributed by atoms with Crippen LogP contribution < -0.4 is 15.4 Å². The first-order chi connectivity index (χ1) is 17.8. The lowest BCUT2D eigenvalue weighted by Crippen LogP contribution is -2.56. The van der Waals surface area contributed by atoms with Crippen LogP contribution in [0.15, 0.2) is 53.4 Å². The average Bonchev–Trinajstić information content (AvgIpc) is 2.88. The van der Waals surface area contributed by atoms with Crippen molar-refractivity contribution in [3.63, 3.8) is 0 Å². The van der Waals surface area contributed by atoms with Gasteiger partial charge in [-0.2, -0.15) is 17.5 Å². The number of ether oxygens (including phenoxy) is 1. The molecule has 1 aliphatic rings. The van der Waals surface area contributed by atoms with Crippen LogP contribution in [0, 0.1) is 0 Å². The van der Waals surface area contributed by atoms with Crippen LogP contribution in [-0.2, 0) is 32.2 Å². The third-order valence-corrected chi connectivity index (χ3v) is 8.04. The Bertz CT molecular complexity index is 1230. The van der Waals surface area contributed by atoms with Crippen molar-refractivity contribution in [1.29, 1.82) is 0 Å². The van der Waals surface area contributed by atoms with Gasteiger partial charge < -0.3 is 15.4 Å². The maximum Gasteiger partial charge on any atom is 0.416 e. The number of piperidine rings is 1. The Balaban J connectivity index is 1.81. The molecule has 208 valence electrons. The van der Waals surface area contributed by atoms with Crippen molar-refractivity contribution in [3.8, 4) is 5.75 Å². The van der Waals surface area contributed by atoms with Crippen molar-refractivity contribution in [2.24, 2.45) is 0 Å². The predicted octanol–water partition coefficient (Wildman–Crippen LogP) is 3.51. The largest absolute Gasteiger partial charge is 0.491 e. The van der Waals surface area contributed by atoms with Gasteiger partial charge in [-0.3, -0.25) is 9.59 Å². The van der Waals surface area contributed by atoms with Gasteiger partial charge in [0.1, 0.15) is 17.8 Å². The molecule has 1 heterocycles. The molecule has 0 bridgehead atoms. The minimum absolute atomic E-state index is 0.00980. The highest BCUT2D eigenvalue weighted by molar-refractivity contribution is 7.89. The van der Waals surface area contributed by atoms with Crippen LogP contribution in [0.5, 0.6) is 5.75 Å². The van der Waals surface area contributed by atoms with Crippen LogP contribution >= 0.6 is 0 Å². The van der Waals surface area contributed by atoms with Crippen LogP contribution in [-0.4, -0.2) is 56.3 Å². The molecule has 2 atom stereocenters. The molecule has 8 nitrogen and oxygen atoms in total. The topological polar surface area (TPSA) is 105 Å². The number of rotatable bonds is 9. The number of amides is 2. The molecule has 3 rings (SSSR count). The maximum absolute atomic E-state index is 13.3. The van der Waals surface area contributed by atoms with Crippen molar-refractivity contribution in [1.82, 2.24) is 14.9 Å². The monoisotopic (exact) mass is 555 g/mol. The Kier molecular flexibility index (Phi) is 9.42. The lowest BCUT2D eigenvalue weighted by atomic mass is 10.0. The lowest BCUT2D eigenvalue weighted by Gasteiger charge is -2.34. The standard InChI is InChI=1S/C26H32F3N3O5S/c1-17(2)37-20-12-10-18(11-13-20)15-22(24(33)30-3)31-25(34)23-9-4-5-14-32(23)38(35,36)21-8-6-7-19(16-21)26(27,28)29/h6-8,10-13,16-17,22-23H,4-5,9,14-15H2,1-3H3,(H,30,33)(H,31,34)/t22-,23-/m0/s1. The Morgan fingerprint density at radius 1 is 1.11 bits per heavy atom. The normalized spacial score (nSPS) is 17.6. The molecule has 0 aliphatic carbocycles. The molecule has 1 fully saturated rings. The van der Waals surface area contributed by atoms with Gasteiger partial charge in [0, 0.05) is 20.0 Å². The van der Waals surface area contributed by atoms with E-state index in [1.54, 1.807) is 24.3 Å². The van der Waals surface area contributed by atoms with E-state index in [1.807, 2.05) is 13.8 Å². The highest BCUT2D eigenvalue weighted by atomic mass is 32.2. The van der Waals surface area contributed by atoms with Gasteiger partial charge in [0.05, 0.1) is 16.6 Å². The third-order valence-electron chi connectivity index (χ3n) is 6.14. The average molecular weight is 556 g/mol. The molecule has 2 aromatic carbocycles. The summed E-state index contributed by atoms with van der Waals surface area (Å²) in [5.41, 5.74) is -0.354. The van der Waals surface area contributed by atoms with Crippen LogP contribution in [0.1, 0.15) is 44.2 Å². The van der Waals surface area contributed by atoms with Gasteiger partial charge in [0.15, 0.2) is 0 Å². The zero-order valence-electron chi connectivity index (χ0n) is 21.4. The van der Waals surface area contributed by atoms with E-state index in [0.29, 0.717) is 24.7 Å². The molecule has 1 saturated heterocycles. The van der Waals surface area contributed by atoms with Gasteiger partial charge in [-0.05, 0) is 62.6 Å². The summed E-state index contributed by atoms with van der Waals surface area (Å²) in [6.45, 7) is 3.76. The summed E-state index contributed by atoms with van der Waals surface area (Å²) in [5.74, 6) is -0.500. The molecule has 0 radical (unpaired) electrons. The number of carbonyl (C=O) groups excluding carboxylic acids is 2. The quantitative estimate of drug-likeness (QED) is 0.493. The Hall–Kier alpha value is -3.12. The van der Waals surface area contributed by atoms with Crippen molar-refractivity contribution in [3.05, 3.63) is 59.7 Å². The predicted molar refractivity (Wildman–Crippen MR) is 135 cm³/mol. The lowest BCUT2D eigenvalue weighted by molar-refractivity contribution is -0.137. The molecule has 12 heteroatoms. The molecule has 0 unspecified atom stereocenters. The van der Waals surface area contributed by atoms with Crippen molar-refractivity contribution in [2.75, 3.05) is 13.6 Å². The van der Waals surface area contributed by atoms with Crippen LogP contribution in [0.4, 0.5) is 13.2 Å². The molecule has 38 heavy (non-hydrogen) atoms. The molecule has 0 spiro atoms. The molecule has 2 aromatic rings. The summed E-state index contributed by atoms with van der Waals surface area (Å²) in [6, 6.07) is 8.33. The summed E-state index contributed by atoms with van der Waals surface area (Å²) >= 11 is 0. The zero-order valence-corrected chi connectivity index (χ0v) is 22.2. The molecule has 1 aliphatic heterocycles. The highest BCUT2D eigenvalue weighted by Gasteiger charge is 2.40. The summed E-state index contributed by atoms with van der Waals surface area (Å²) in [7, 11) is -2.99. The van der Waals surface area contributed by atoms with E-state index in [0.717, 1.165) is 28.1 Å². The van der Waals surface area contributed by atoms with E-state index in [-0.39, 0.29) is 25.5 Å². The van der Waals surface area contributed by atoms with Gasteiger partial charge in [0.2, 0.25) is 21.8 Å². The fourth-order valence-corrected chi connectivity index (χ4v) is 5.99. The third kappa shape index (κ3) is 7.25. The summed E-state index contributed by atoms with van der Waals surface area (Å²) in [6.07, 6.45) is -3.42. The molecule has 0 aromatic heterocycles. The van der Waals surface area contributed by atoms with Crippen LogP contribution in [0.3, 0.4) is 0 Å². The van der Waals surface area contributed by atoms with E-state index < -0.39 is 50.6 Å². The van der Waals surface area contributed by atoms with Crippen molar-refractivity contribution >= 4 is 21.8 Å². The summed E-state index contributed by atoms with van der Waals surface area (Å²) in [5, 5.41) is 5.16. The number of hydrogen-bond donors (Lipinski definition) is 2. The number of nitrogens with zero attached hydrogens (tertiary/aromatic N) is 1. The molecular weight excluding hydrogens is 523 g/mol. The first-order valence-corrected chi connectivity index (χ1v) is 13.7. The second-order valence-corrected chi connectivity index (χ2v) is 11.2. The number of alkyl halides is 3. The van der Waals surface area contributed by atoms with E-state index in [4.69, 9.17) is 4.74 Å². The number of nitrogens with one attached hydrogen (secondary N) is 2. The highest BCUT2D eigenvalue weighted by Crippen LogP contribution is 2.32. The first kappa shape index (κ1) is 29.4. The molecule has 2 N–H and O–H groups in total. The van der Waals surface area contributed by atoms with Crippen molar-refractivity contribution < 1.29 is 35.9 Å². The number of carbonyl (C=O) groups is 2. The number of likely N-dealkylation sites (N-methyl/N-ethyl adjacent to an activating group) is 1. The second kappa shape index (κ2) is 12.2. The van der Waals surface area contributed by atoms with Gasteiger partial charge in [-0.15, -0.1) is 0 Å². The Morgan fingerprint density at radius 2 is 1.79 bits per heavy atom. The van der Waals surface area contributed by atoms with E-state index in [9.17, 15) is 31.2 Å². The fraction of sp³-hybridized carbons (Fsp3) is 0.462. The molecule has 2 amide bonds.